The van der Waals surface area contributed by atoms with Crippen LogP contribution in [-0.2, 0) is 9.53 Å². The monoisotopic (exact) mass is 509 g/mol. The molecule has 36 heavy (non-hydrogen) atoms. The first kappa shape index (κ1) is 32.0. The maximum atomic E-state index is 13.9. The number of carbonyl (C=O) groups is 2. The fraction of sp³-hybridized carbons (Fsp3) is 0.733. The van der Waals surface area contributed by atoms with Crippen molar-refractivity contribution in [3.05, 3.63) is 35.4 Å². The summed E-state index contributed by atoms with van der Waals surface area (Å²) in [5, 5.41) is 2.49. The number of rotatable bonds is 21. The molecule has 1 amide bonds. The van der Waals surface area contributed by atoms with Crippen molar-refractivity contribution in [1.29, 1.82) is 0 Å². The first-order valence-corrected chi connectivity index (χ1v) is 14.3. The van der Waals surface area contributed by atoms with Crippen LogP contribution in [0.25, 0.3) is 0 Å². The van der Waals surface area contributed by atoms with Crippen molar-refractivity contribution < 1.29 is 23.1 Å². The van der Waals surface area contributed by atoms with Crippen molar-refractivity contribution in [1.82, 2.24) is 5.32 Å². The lowest BCUT2D eigenvalue weighted by Crippen LogP contribution is -2.45. The summed E-state index contributed by atoms with van der Waals surface area (Å²) in [7, 11) is 0. The van der Waals surface area contributed by atoms with Gasteiger partial charge < -0.3 is 10.1 Å². The summed E-state index contributed by atoms with van der Waals surface area (Å²) in [4.78, 5) is 24.8. The zero-order valence-electron chi connectivity index (χ0n) is 22.9. The van der Waals surface area contributed by atoms with Crippen LogP contribution in [0, 0.1) is 17.6 Å². The quantitative estimate of drug-likeness (QED) is 0.133. The van der Waals surface area contributed by atoms with Crippen LogP contribution in [-0.4, -0.2) is 24.5 Å². The molecule has 0 heterocycles. The van der Waals surface area contributed by atoms with Gasteiger partial charge >= 0.3 is 5.97 Å². The van der Waals surface area contributed by atoms with Gasteiger partial charge in [0.25, 0.3) is 5.91 Å². The number of hydrogen-bond donors (Lipinski definition) is 1. The van der Waals surface area contributed by atoms with Gasteiger partial charge in [0.1, 0.15) is 17.7 Å². The van der Waals surface area contributed by atoms with Gasteiger partial charge in [0, 0.05) is 0 Å². The molecule has 1 atom stereocenters. The van der Waals surface area contributed by atoms with E-state index in [9.17, 15) is 18.4 Å². The van der Waals surface area contributed by atoms with Crippen LogP contribution in [0.2, 0.25) is 0 Å². The second kappa shape index (κ2) is 20.1. The van der Waals surface area contributed by atoms with Crippen LogP contribution in [0.3, 0.4) is 0 Å². The molecule has 4 nitrogen and oxygen atoms in total. The highest BCUT2D eigenvalue weighted by atomic mass is 19.1. The van der Waals surface area contributed by atoms with Gasteiger partial charge in [-0.2, -0.15) is 0 Å². The molecule has 0 saturated carbocycles. The van der Waals surface area contributed by atoms with Crippen molar-refractivity contribution in [3.8, 4) is 0 Å². The van der Waals surface area contributed by atoms with Crippen molar-refractivity contribution >= 4 is 11.9 Å². The SMILES string of the molecule is CCCCCCCCCCCCCCCCCCOC(=O)C(NC(=O)c1cc(F)ccc1F)C(C)C. The molecule has 0 saturated heterocycles. The maximum Gasteiger partial charge on any atom is 0.328 e. The highest BCUT2D eigenvalue weighted by molar-refractivity contribution is 5.97. The summed E-state index contributed by atoms with van der Waals surface area (Å²) in [6.07, 6.45) is 20.4. The van der Waals surface area contributed by atoms with Crippen molar-refractivity contribution in [2.24, 2.45) is 5.92 Å². The Morgan fingerprint density at radius 2 is 1.25 bits per heavy atom. The van der Waals surface area contributed by atoms with Gasteiger partial charge in [-0.05, 0) is 30.5 Å². The Morgan fingerprint density at radius 3 is 1.72 bits per heavy atom. The Balaban J connectivity index is 2.08. The van der Waals surface area contributed by atoms with E-state index in [1.165, 1.54) is 83.5 Å². The van der Waals surface area contributed by atoms with Crippen molar-refractivity contribution in [2.45, 2.75) is 130 Å². The largest absolute Gasteiger partial charge is 0.464 e. The number of hydrogen-bond acceptors (Lipinski definition) is 3. The van der Waals surface area contributed by atoms with E-state index < -0.39 is 35.1 Å². The molecule has 1 rings (SSSR count). The van der Waals surface area contributed by atoms with Gasteiger partial charge in [-0.15, -0.1) is 0 Å². The molecule has 0 aliphatic rings. The van der Waals surface area contributed by atoms with Crippen LogP contribution in [0.1, 0.15) is 134 Å². The normalized spacial score (nSPS) is 12.1. The van der Waals surface area contributed by atoms with E-state index >= 15 is 0 Å². The van der Waals surface area contributed by atoms with E-state index in [1.54, 1.807) is 13.8 Å². The third-order valence-corrected chi connectivity index (χ3v) is 6.62. The van der Waals surface area contributed by atoms with E-state index in [1.807, 2.05) is 0 Å². The average Bonchev–Trinajstić information content (AvgIpc) is 2.85. The van der Waals surface area contributed by atoms with E-state index in [4.69, 9.17) is 4.74 Å². The van der Waals surface area contributed by atoms with E-state index in [2.05, 4.69) is 12.2 Å². The lowest BCUT2D eigenvalue weighted by atomic mass is 10.0. The topological polar surface area (TPSA) is 55.4 Å². The zero-order valence-corrected chi connectivity index (χ0v) is 22.9. The summed E-state index contributed by atoms with van der Waals surface area (Å²) in [6, 6.07) is 1.74. The van der Waals surface area contributed by atoms with Crippen molar-refractivity contribution in [2.75, 3.05) is 6.61 Å². The Bertz CT molecular complexity index is 739. The van der Waals surface area contributed by atoms with Gasteiger partial charge in [0.15, 0.2) is 0 Å². The molecular formula is C30H49F2NO3. The number of esters is 1. The molecule has 0 aromatic heterocycles. The molecule has 0 bridgehead atoms. The van der Waals surface area contributed by atoms with Crippen LogP contribution >= 0.6 is 0 Å². The van der Waals surface area contributed by atoms with E-state index in [0.29, 0.717) is 6.61 Å². The minimum atomic E-state index is -0.916. The zero-order chi connectivity index (χ0) is 26.6. The Hall–Kier alpha value is -1.98. The molecule has 0 radical (unpaired) electrons. The predicted octanol–water partition coefficient (Wildman–Crippen LogP) is 8.52. The number of amides is 1. The maximum absolute atomic E-state index is 13.9. The number of carbonyl (C=O) groups excluding carboxylic acids is 2. The summed E-state index contributed by atoms with van der Waals surface area (Å²) in [5.74, 6) is -3.17. The van der Waals surface area contributed by atoms with Crippen LogP contribution in [0.4, 0.5) is 8.78 Å². The van der Waals surface area contributed by atoms with Gasteiger partial charge in [-0.3, -0.25) is 4.79 Å². The van der Waals surface area contributed by atoms with Gasteiger partial charge in [-0.25, -0.2) is 13.6 Å². The second-order valence-corrected chi connectivity index (χ2v) is 10.3. The number of ether oxygens (including phenoxy) is 1. The molecule has 0 fully saturated rings. The van der Waals surface area contributed by atoms with Gasteiger partial charge in [0.2, 0.25) is 0 Å². The van der Waals surface area contributed by atoms with Gasteiger partial charge in [-0.1, -0.05) is 117 Å². The fourth-order valence-electron chi connectivity index (χ4n) is 4.30. The van der Waals surface area contributed by atoms with Crippen molar-refractivity contribution in [3.63, 3.8) is 0 Å². The minimum Gasteiger partial charge on any atom is -0.464 e. The first-order valence-electron chi connectivity index (χ1n) is 14.3. The summed E-state index contributed by atoms with van der Waals surface area (Å²) in [5.41, 5.74) is -0.425. The Labute approximate surface area is 218 Å². The molecule has 0 aliphatic carbocycles. The minimum absolute atomic E-state index is 0.246. The molecule has 0 aliphatic heterocycles. The number of nitrogens with one attached hydrogen (secondary N) is 1. The highest BCUT2D eigenvalue weighted by Crippen LogP contribution is 2.15. The van der Waals surface area contributed by atoms with E-state index in [-0.39, 0.29) is 5.92 Å². The lowest BCUT2D eigenvalue weighted by Gasteiger charge is -2.21. The number of unbranched alkanes of at least 4 members (excludes halogenated alkanes) is 15. The molecule has 1 unspecified atom stereocenters. The molecule has 6 heteroatoms. The lowest BCUT2D eigenvalue weighted by molar-refractivity contribution is -0.147. The standard InChI is InChI=1S/C30H49F2NO3/c1-4-5-6-7-8-9-10-11-12-13-14-15-16-17-18-19-22-36-30(35)28(24(2)3)33-29(34)26-23-25(31)20-21-27(26)32/h20-21,23-24,28H,4-19,22H2,1-3H3,(H,33,34). The molecule has 1 N–H and O–H groups in total. The Morgan fingerprint density at radius 1 is 0.778 bits per heavy atom. The molecule has 206 valence electrons. The van der Waals surface area contributed by atoms with Crippen LogP contribution in [0.15, 0.2) is 18.2 Å². The molecule has 1 aromatic carbocycles. The summed E-state index contributed by atoms with van der Waals surface area (Å²) >= 11 is 0. The van der Waals surface area contributed by atoms with Crippen LogP contribution in [0.5, 0.6) is 0 Å². The average molecular weight is 510 g/mol. The number of halogens is 2. The molecular weight excluding hydrogens is 460 g/mol. The first-order chi connectivity index (χ1) is 17.4. The highest BCUT2D eigenvalue weighted by Gasteiger charge is 2.27. The van der Waals surface area contributed by atoms with E-state index in [0.717, 1.165) is 37.5 Å². The fourth-order valence-corrected chi connectivity index (χ4v) is 4.30. The Kier molecular flexibility index (Phi) is 17.9. The smallest absolute Gasteiger partial charge is 0.328 e. The summed E-state index contributed by atoms with van der Waals surface area (Å²) < 4.78 is 32.6. The number of benzene rings is 1. The second-order valence-electron chi connectivity index (χ2n) is 10.3. The summed E-state index contributed by atoms with van der Waals surface area (Å²) in [6.45, 7) is 6.09. The third-order valence-electron chi connectivity index (χ3n) is 6.62. The van der Waals surface area contributed by atoms with Gasteiger partial charge in [0.05, 0.1) is 12.2 Å². The molecule has 1 aromatic rings. The molecule has 0 spiro atoms. The van der Waals surface area contributed by atoms with Crippen LogP contribution < -0.4 is 5.32 Å². The third kappa shape index (κ3) is 14.5. The predicted molar refractivity (Wildman–Crippen MR) is 143 cm³/mol.